The van der Waals surface area contributed by atoms with Crippen molar-refractivity contribution in [1.82, 2.24) is 29.5 Å². The smallest absolute Gasteiger partial charge is 0.330 e. The van der Waals surface area contributed by atoms with Gasteiger partial charge in [0, 0.05) is 24.4 Å². The van der Waals surface area contributed by atoms with E-state index >= 15 is 0 Å². The Hall–Kier alpha value is -3.11. The van der Waals surface area contributed by atoms with Gasteiger partial charge >= 0.3 is 5.69 Å². The van der Waals surface area contributed by atoms with E-state index in [1.165, 1.54) is 10.8 Å². The standard InChI is InChI=1S/C17H18N6O4/c1-10-7-22(17(26)19-16(10)25)15-6-13(14(9-24)27-15)23-8-12(20-21-23)11-4-2-3-5-18-11/h2-5,7-8,13-15,24H,6,9H2,1H3,(H,19,25,26)/t13-,14?,15+/m0/s1. The average Bonchev–Trinajstić information content (AvgIpc) is 3.32. The van der Waals surface area contributed by atoms with Crippen LogP contribution in [0.25, 0.3) is 11.4 Å². The van der Waals surface area contributed by atoms with E-state index in [2.05, 4.69) is 20.3 Å². The zero-order valence-corrected chi connectivity index (χ0v) is 14.5. The van der Waals surface area contributed by atoms with Crippen molar-refractivity contribution in [2.75, 3.05) is 6.61 Å². The molecule has 3 aromatic rings. The fourth-order valence-electron chi connectivity index (χ4n) is 3.20. The van der Waals surface area contributed by atoms with Crippen LogP contribution >= 0.6 is 0 Å². The van der Waals surface area contributed by atoms with Gasteiger partial charge in [0.1, 0.15) is 18.0 Å². The first-order valence-electron chi connectivity index (χ1n) is 8.48. The summed E-state index contributed by atoms with van der Waals surface area (Å²) in [5.74, 6) is 0. The largest absolute Gasteiger partial charge is 0.394 e. The number of aliphatic hydroxyl groups excluding tert-OH is 1. The van der Waals surface area contributed by atoms with Gasteiger partial charge in [-0.2, -0.15) is 0 Å². The van der Waals surface area contributed by atoms with Gasteiger partial charge in [0.25, 0.3) is 5.56 Å². The Morgan fingerprint density at radius 1 is 1.30 bits per heavy atom. The summed E-state index contributed by atoms with van der Waals surface area (Å²) in [6.07, 6.45) is 4.07. The van der Waals surface area contributed by atoms with Crippen molar-refractivity contribution in [3.8, 4) is 11.4 Å². The molecule has 3 aromatic heterocycles. The molecule has 4 rings (SSSR count). The Kier molecular flexibility index (Phi) is 4.42. The van der Waals surface area contributed by atoms with E-state index in [4.69, 9.17) is 4.74 Å². The number of aryl methyl sites for hydroxylation is 1. The predicted octanol–water partition coefficient (Wildman–Crippen LogP) is 0.0196. The van der Waals surface area contributed by atoms with Gasteiger partial charge in [0.05, 0.1) is 24.5 Å². The second kappa shape index (κ2) is 6.89. The molecule has 0 bridgehead atoms. The van der Waals surface area contributed by atoms with Crippen LogP contribution in [0.15, 0.2) is 46.4 Å². The zero-order chi connectivity index (χ0) is 19.0. The number of aliphatic hydroxyl groups is 1. The average molecular weight is 370 g/mol. The van der Waals surface area contributed by atoms with Crippen LogP contribution in [0.4, 0.5) is 0 Å². The number of nitrogens with one attached hydrogen (secondary N) is 1. The maximum atomic E-state index is 12.1. The molecule has 1 unspecified atom stereocenters. The second-order valence-corrected chi connectivity index (χ2v) is 6.39. The molecule has 3 atom stereocenters. The minimum atomic E-state index is -0.627. The summed E-state index contributed by atoms with van der Waals surface area (Å²) in [7, 11) is 0. The normalized spacial score (nSPS) is 22.2. The Balaban J connectivity index is 1.63. The van der Waals surface area contributed by atoms with Gasteiger partial charge in [-0.1, -0.05) is 11.3 Å². The van der Waals surface area contributed by atoms with Crippen molar-refractivity contribution in [1.29, 1.82) is 0 Å². The first-order valence-corrected chi connectivity index (χ1v) is 8.48. The number of H-pyrrole nitrogens is 1. The fourth-order valence-corrected chi connectivity index (χ4v) is 3.20. The summed E-state index contributed by atoms with van der Waals surface area (Å²) in [6, 6.07) is 5.19. The van der Waals surface area contributed by atoms with Gasteiger partial charge in [-0.25, -0.2) is 9.48 Å². The maximum absolute atomic E-state index is 12.1. The lowest BCUT2D eigenvalue weighted by Crippen LogP contribution is -2.33. The van der Waals surface area contributed by atoms with Crippen molar-refractivity contribution in [2.45, 2.75) is 31.7 Å². The lowest BCUT2D eigenvalue weighted by molar-refractivity contribution is -0.0323. The Morgan fingerprint density at radius 2 is 2.15 bits per heavy atom. The first kappa shape index (κ1) is 17.3. The van der Waals surface area contributed by atoms with Crippen LogP contribution < -0.4 is 11.2 Å². The number of ether oxygens (including phenoxy) is 1. The lowest BCUT2D eigenvalue weighted by atomic mass is 10.1. The number of hydrogen-bond acceptors (Lipinski definition) is 7. The van der Waals surface area contributed by atoms with E-state index in [0.29, 0.717) is 23.4 Å². The summed E-state index contributed by atoms with van der Waals surface area (Å²) in [4.78, 5) is 30.2. The highest BCUT2D eigenvalue weighted by Crippen LogP contribution is 2.36. The van der Waals surface area contributed by atoms with Gasteiger partial charge in [0.15, 0.2) is 0 Å². The molecule has 0 saturated carbocycles. The molecule has 27 heavy (non-hydrogen) atoms. The molecule has 2 N–H and O–H groups in total. The monoisotopic (exact) mass is 370 g/mol. The molecule has 1 aliphatic heterocycles. The molecule has 0 spiro atoms. The van der Waals surface area contributed by atoms with E-state index in [1.807, 2.05) is 18.2 Å². The minimum absolute atomic E-state index is 0.239. The van der Waals surface area contributed by atoms with Gasteiger partial charge in [-0.15, -0.1) is 5.10 Å². The highest BCUT2D eigenvalue weighted by atomic mass is 16.5. The Labute approximate surface area is 153 Å². The van der Waals surface area contributed by atoms with Crippen molar-refractivity contribution >= 4 is 0 Å². The number of pyridine rings is 1. The van der Waals surface area contributed by atoms with Gasteiger partial charge in [-0.05, 0) is 19.1 Å². The number of rotatable bonds is 4. The molecule has 0 aliphatic carbocycles. The minimum Gasteiger partial charge on any atom is -0.394 e. The van der Waals surface area contributed by atoms with Crippen molar-refractivity contribution in [2.24, 2.45) is 0 Å². The number of aromatic amines is 1. The SMILES string of the molecule is Cc1cn([C@H]2C[C@H](n3cc(-c4ccccn4)nn3)C(CO)O2)c(=O)[nH]c1=O. The van der Waals surface area contributed by atoms with Crippen LogP contribution in [-0.4, -0.2) is 47.3 Å². The van der Waals surface area contributed by atoms with Gasteiger partial charge in [-0.3, -0.25) is 19.3 Å². The fraction of sp³-hybridized carbons (Fsp3) is 0.353. The van der Waals surface area contributed by atoms with Gasteiger partial charge < -0.3 is 9.84 Å². The third kappa shape index (κ3) is 3.20. The topological polar surface area (TPSA) is 128 Å². The highest BCUT2D eigenvalue weighted by molar-refractivity contribution is 5.51. The predicted molar refractivity (Wildman–Crippen MR) is 94.0 cm³/mol. The molecule has 10 nitrogen and oxygen atoms in total. The van der Waals surface area contributed by atoms with Gasteiger partial charge in [0.2, 0.25) is 0 Å². The number of nitrogens with zero attached hydrogens (tertiary/aromatic N) is 5. The highest BCUT2D eigenvalue weighted by Gasteiger charge is 2.38. The van der Waals surface area contributed by atoms with Crippen LogP contribution in [0, 0.1) is 6.92 Å². The van der Waals surface area contributed by atoms with Crippen LogP contribution in [0.2, 0.25) is 0 Å². The third-order valence-corrected chi connectivity index (χ3v) is 4.62. The Bertz CT molecular complexity index is 1060. The first-order chi connectivity index (χ1) is 13.1. The number of hydrogen-bond donors (Lipinski definition) is 2. The molecular formula is C17H18N6O4. The maximum Gasteiger partial charge on any atom is 0.330 e. The molecule has 10 heteroatoms. The quantitative estimate of drug-likeness (QED) is 0.662. The van der Waals surface area contributed by atoms with E-state index in [-0.39, 0.29) is 12.6 Å². The summed E-state index contributed by atoms with van der Waals surface area (Å²) in [5, 5.41) is 18.0. The number of aromatic nitrogens is 6. The van der Waals surface area contributed by atoms with Crippen LogP contribution in [0.3, 0.4) is 0 Å². The van der Waals surface area contributed by atoms with E-state index in [9.17, 15) is 14.7 Å². The summed E-state index contributed by atoms with van der Waals surface area (Å²) < 4.78 is 8.79. The molecular weight excluding hydrogens is 352 g/mol. The van der Waals surface area contributed by atoms with Crippen LogP contribution in [0.1, 0.15) is 24.3 Å². The molecule has 140 valence electrons. The lowest BCUT2D eigenvalue weighted by Gasteiger charge is -2.15. The van der Waals surface area contributed by atoms with Crippen molar-refractivity contribution in [3.63, 3.8) is 0 Å². The van der Waals surface area contributed by atoms with Crippen LogP contribution in [-0.2, 0) is 4.74 Å². The Morgan fingerprint density at radius 3 is 2.89 bits per heavy atom. The van der Waals surface area contributed by atoms with E-state index in [1.54, 1.807) is 24.0 Å². The summed E-state index contributed by atoms with van der Waals surface area (Å²) >= 11 is 0. The molecule has 1 saturated heterocycles. The van der Waals surface area contributed by atoms with E-state index in [0.717, 1.165) is 0 Å². The second-order valence-electron chi connectivity index (χ2n) is 6.39. The third-order valence-electron chi connectivity index (χ3n) is 4.62. The van der Waals surface area contributed by atoms with Crippen LogP contribution in [0.5, 0.6) is 0 Å². The molecule has 4 heterocycles. The molecule has 1 fully saturated rings. The van der Waals surface area contributed by atoms with Crippen molar-refractivity contribution in [3.05, 3.63) is 63.2 Å². The molecule has 1 aliphatic rings. The summed E-state index contributed by atoms with van der Waals surface area (Å²) in [6.45, 7) is 1.37. The summed E-state index contributed by atoms with van der Waals surface area (Å²) in [5.41, 5.74) is 0.710. The zero-order valence-electron chi connectivity index (χ0n) is 14.5. The molecule has 0 amide bonds. The molecule has 0 radical (unpaired) electrons. The molecule has 0 aromatic carbocycles. The van der Waals surface area contributed by atoms with E-state index < -0.39 is 23.6 Å². The van der Waals surface area contributed by atoms with Crippen molar-refractivity contribution < 1.29 is 9.84 Å².